The van der Waals surface area contributed by atoms with E-state index in [0.717, 1.165) is 24.0 Å². The Morgan fingerprint density at radius 2 is 1.41 bits per heavy atom. The highest BCUT2D eigenvalue weighted by molar-refractivity contribution is 5.94. The van der Waals surface area contributed by atoms with Crippen molar-refractivity contribution < 1.29 is 19.5 Å². The Bertz CT molecular complexity index is 1110. The van der Waals surface area contributed by atoms with E-state index in [1.807, 2.05) is 42.5 Å². The number of rotatable bonds is 4. The Morgan fingerprint density at radius 3 is 2.14 bits per heavy atom. The summed E-state index contributed by atoms with van der Waals surface area (Å²) in [6, 6.07) is 15.3. The van der Waals surface area contributed by atoms with Crippen molar-refractivity contribution >= 4 is 17.7 Å². The zero-order chi connectivity index (χ0) is 25.8. The van der Waals surface area contributed by atoms with Gasteiger partial charge in [0.25, 0.3) is 0 Å². The number of carbonyl (C=O) groups excluding carboxylic acids is 3. The fourth-order valence-electron chi connectivity index (χ4n) is 5.95. The minimum absolute atomic E-state index is 0.0379. The predicted molar refractivity (Wildman–Crippen MR) is 140 cm³/mol. The Labute approximate surface area is 218 Å². The first-order valence-corrected chi connectivity index (χ1v) is 13.5. The number of nitrogens with zero attached hydrogens (tertiary/aromatic N) is 2. The first-order chi connectivity index (χ1) is 18.0. The van der Waals surface area contributed by atoms with E-state index >= 15 is 0 Å². The molecule has 0 radical (unpaired) electrons. The zero-order valence-electron chi connectivity index (χ0n) is 21.1. The first-order valence-electron chi connectivity index (χ1n) is 13.5. The molecule has 3 amide bonds. The van der Waals surface area contributed by atoms with Crippen molar-refractivity contribution in [2.24, 2.45) is 0 Å². The molecule has 0 spiro atoms. The van der Waals surface area contributed by atoms with E-state index in [0.29, 0.717) is 51.7 Å². The Kier molecular flexibility index (Phi) is 7.74. The van der Waals surface area contributed by atoms with Gasteiger partial charge < -0.3 is 25.5 Å². The van der Waals surface area contributed by atoms with Gasteiger partial charge in [0.15, 0.2) is 0 Å². The van der Waals surface area contributed by atoms with Crippen LogP contribution in [0.4, 0.5) is 0 Å². The van der Waals surface area contributed by atoms with Gasteiger partial charge in [0.2, 0.25) is 17.7 Å². The molecule has 2 aromatic rings. The minimum Gasteiger partial charge on any atom is -0.508 e. The van der Waals surface area contributed by atoms with E-state index in [2.05, 4.69) is 10.6 Å². The summed E-state index contributed by atoms with van der Waals surface area (Å²) in [5, 5.41) is 16.3. The molecule has 0 saturated carbocycles. The summed E-state index contributed by atoms with van der Waals surface area (Å²) in [7, 11) is 0. The number of hydrogen-bond donors (Lipinski definition) is 3. The van der Waals surface area contributed by atoms with Crippen LogP contribution in [0.15, 0.2) is 54.6 Å². The van der Waals surface area contributed by atoms with E-state index < -0.39 is 18.1 Å². The van der Waals surface area contributed by atoms with Crippen LogP contribution in [0.3, 0.4) is 0 Å². The van der Waals surface area contributed by atoms with Crippen LogP contribution in [-0.4, -0.2) is 76.4 Å². The fourth-order valence-corrected chi connectivity index (χ4v) is 5.95. The van der Waals surface area contributed by atoms with Crippen molar-refractivity contribution in [1.82, 2.24) is 20.4 Å². The molecule has 3 aliphatic heterocycles. The number of phenolic OH excluding ortho intramolecular Hbond substituents is 1. The molecule has 4 atom stereocenters. The highest BCUT2D eigenvalue weighted by Gasteiger charge is 2.43. The number of aromatic hydroxyl groups is 1. The average molecular weight is 505 g/mol. The Morgan fingerprint density at radius 1 is 0.757 bits per heavy atom. The van der Waals surface area contributed by atoms with E-state index in [1.165, 1.54) is 0 Å². The molecule has 37 heavy (non-hydrogen) atoms. The largest absolute Gasteiger partial charge is 0.508 e. The third-order valence-electron chi connectivity index (χ3n) is 7.89. The van der Waals surface area contributed by atoms with Gasteiger partial charge in [0.1, 0.15) is 17.8 Å². The van der Waals surface area contributed by atoms with Crippen LogP contribution < -0.4 is 10.6 Å². The second-order valence-corrected chi connectivity index (χ2v) is 10.4. The van der Waals surface area contributed by atoms with Crippen LogP contribution in [0.25, 0.3) is 0 Å². The molecule has 2 aromatic carbocycles. The van der Waals surface area contributed by atoms with Crippen LogP contribution in [-0.2, 0) is 27.2 Å². The summed E-state index contributed by atoms with van der Waals surface area (Å²) >= 11 is 0. The highest BCUT2D eigenvalue weighted by atomic mass is 16.3. The second-order valence-electron chi connectivity index (χ2n) is 10.4. The monoisotopic (exact) mass is 504 g/mol. The molecular weight excluding hydrogens is 468 g/mol. The quantitative estimate of drug-likeness (QED) is 0.591. The molecule has 3 aliphatic rings. The first kappa shape index (κ1) is 25.3. The minimum atomic E-state index is -0.505. The molecule has 3 heterocycles. The summed E-state index contributed by atoms with van der Waals surface area (Å²) in [4.78, 5) is 44.4. The van der Waals surface area contributed by atoms with Crippen LogP contribution in [0.5, 0.6) is 5.75 Å². The Balaban J connectivity index is 1.42. The maximum absolute atomic E-state index is 13.8. The maximum atomic E-state index is 13.8. The fraction of sp³-hybridized carbons (Fsp3) is 0.483. The number of fused-ring (bicyclic) bond motifs is 2. The number of nitrogens with one attached hydrogen (secondary N) is 2. The summed E-state index contributed by atoms with van der Waals surface area (Å²) in [5.41, 5.74) is 2.07. The lowest BCUT2D eigenvalue weighted by atomic mass is 10.0. The van der Waals surface area contributed by atoms with Crippen LogP contribution in [0, 0.1) is 0 Å². The third kappa shape index (κ3) is 5.80. The molecule has 3 N–H and O–H groups in total. The standard InChI is InChI=1S/C29H36N4O4/c34-23-12-10-21(11-13-23)18-22-14-15-30-24(19-20-6-2-1-3-7-20)28(36)33-17-5-9-26(33)29(37)32-16-4-8-25(32)27(35)31-22/h1-3,6-7,10-13,22,24-26,30,34H,4-5,8-9,14-19H2,(H,31,35)/t22-,24+,25+,26+/m1/s1. The lowest BCUT2D eigenvalue weighted by molar-refractivity contribution is -0.147. The average Bonchev–Trinajstić information content (AvgIpc) is 3.59. The van der Waals surface area contributed by atoms with Crippen molar-refractivity contribution in [2.45, 2.75) is 69.1 Å². The summed E-state index contributed by atoms with van der Waals surface area (Å²) in [6.45, 7) is 1.66. The van der Waals surface area contributed by atoms with Gasteiger partial charge in [-0.15, -0.1) is 0 Å². The van der Waals surface area contributed by atoms with Gasteiger partial charge in [-0.1, -0.05) is 42.5 Å². The second kappa shape index (κ2) is 11.3. The molecule has 3 fully saturated rings. The molecule has 3 saturated heterocycles. The third-order valence-corrected chi connectivity index (χ3v) is 7.89. The number of carbonyl (C=O) groups is 3. The van der Waals surface area contributed by atoms with Crippen molar-refractivity contribution in [3.05, 3.63) is 65.7 Å². The molecule has 0 aromatic heterocycles. The van der Waals surface area contributed by atoms with Gasteiger partial charge >= 0.3 is 0 Å². The number of amides is 3. The van der Waals surface area contributed by atoms with Gasteiger partial charge in [-0.2, -0.15) is 0 Å². The molecule has 0 aliphatic carbocycles. The van der Waals surface area contributed by atoms with E-state index in [1.54, 1.807) is 21.9 Å². The van der Waals surface area contributed by atoms with Gasteiger partial charge in [0, 0.05) is 19.1 Å². The van der Waals surface area contributed by atoms with E-state index in [-0.39, 0.29) is 29.5 Å². The lowest BCUT2D eigenvalue weighted by Gasteiger charge is -2.32. The van der Waals surface area contributed by atoms with Crippen LogP contribution in [0.2, 0.25) is 0 Å². The van der Waals surface area contributed by atoms with Crippen molar-refractivity contribution in [1.29, 1.82) is 0 Å². The smallest absolute Gasteiger partial charge is 0.246 e. The highest BCUT2D eigenvalue weighted by Crippen LogP contribution is 2.26. The van der Waals surface area contributed by atoms with E-state index in [9.17, 15) is 19.5 Å². The van der Waals surface area contributed by atoms with Crippen molar-refractivity contribution in [2.75, 3.05) is 19.6 Å². The molecule has 8 nitrogen and oxygen atoms in total. The summed E-state index contributed by atoms with van der Waals surface area (Å²) in [5.74, 6) is -0.0572. The molecule has 0 unspecified atom stereocenters. The topological polar surface area (TPSA) is 102 Å². The lowest BCUT2D eigenvalue weighted by Crippen LogP contribution is -2.55. The maximum Gasteiger partial charge on any atom is 0.246 e. The van der Waals surface area contributed by atoms with E-state index in [4.69, 9.17) is 0 Å². The molecule has 196 valence electrons. The summed E-state index contributed by atoms with van der Waals surface area (Å²) < 4.78 is 0. The molecule has 5 rings (SSSR count). The SMILES string of the molecule is O=C1N[C@@H](Cc2ccc(O)cc2)CCN[C@@H](Cc2ccccc2)C(=O)N2CCC[C@H]2C(=O)N2CCC[C@@H]12. The van der Waals surface area contributed by atoms with Gasteiger partial charge in [-0.25, -0.2) is 0 Å². The zero-order valence-corrected chi connectivity index (χ0v) is 21.1. The Hall–Kier alpha value is -3.39. The normalized spacial score (nSPS) is 27.1. The molecule has 8 heteroatoms. The predicted octanol–water partition coefficient (Wildman–Crippen LogP) is 2.01. The van der Waals surface area contributed by atoms with Gasteiger partial charge in [-0.05, 0) is 74.8 Å². The molecular formula is C29H36N4O4. The van der Waals surface area contributed by atoms with Crippen LogP contribution >= 0.6 is 0 Å². The van der Waals surface area contributed by atoms with Gasteiger partial charge in [-0.3, -0.25) is 14.4 Å². The number of phenols is 1. The summed E-state index contributed by atoms with van der Waals surface area (Å²) in [6.07, 6.45) is 4.62. The number of hydrogen-bond acceptors (Lipinski definition) is 5. The van der Waals surface area contributed by atoms with Crippen molar-refractivity contribution in [3.63, 3.8) is 0 Å². The molecule has 0 bridgehead atoms. The van der Waals surface area contributed by atoms with Crippen molar-refractivity contribution in [3.8, 4) is 5.75 Å². The number of benzene rings is 2. The van der Waals surface area contributed by atoms with Gasteiger partial charge in [0.05, 0.1) is 6.04 Å². The van der Waals surface area contributed by atoms with Crippen LogP contribution in [0.1, 0.15) is 43.2 Å².